The molecule has 0 saturated heterocycles. The van der Waals surface area contributed by atoms with Crippen molar-refractivity contribution in [3.63, 3.8) is 0 Å². The molecule has 0 atom stereocenters. The minimum atomic E-state index is -0.281. The molecule has 0 unspecified atom stereocenters. The van der Waals surface area contributed by atoms with E-state index in [0.29, 0.717) is 27.8 Å². The van der Waals surface area contributed by atoms with Gasteiger partial charge in [0.1, 0.15) is 18.1 Å². The number of carbonyl (C=O) groups is 1. The van der Waals surface area contributed by atoms with Gasteiger partial charge in [0.15, 0.2) is 0 Å². The smallest absolute Gasteiger partial charge is 0.310 e. The summed E-state index contributed by atoms with van der Waals surface area (Å²) in [4.78, 5) is 12.1. The number of thiol groups is 1. The fourth-order valence-electron chi connectivity index (χ4n) is 1.70. The molecule has 2 aromatic rings. The molecule has 0 aliphatic carbocycles. The maximum Gasteiger partial charge on any atom is 0.310 e. The summed E-state index contributed by atoms with van der Waals surface area (Å²) in [5.41, 5.74) is 0.780. The zero-order valence-corrected chi connectivity index (χ0v) is 17.2. The number of para-hydroxylation sites is 1. The minimum absolute atomic E-state index is 0.258. The molecule has 0 aliphatic heterocycles. The van der Waals surface area contributed by atoms with Gasteiger partial charge in [-0.1, -0.05) is 36.7 Å². The van der Waals surface area contributed by atoms with Gasteiger partial charge < -0.3 is 9.47 Å². The fraction of sp³-hybridized carbons (Fsp3) is 0.235. The number of ether oxygens (including phenoxy) is 2. The van der Waals surface area contributed by atoms with Gasteiger partial charge in [-0.15, -0.1) is 24.2 Å². The van der Waals surface area contributed by atoms with E-state index in [9.17, 15) is 4.79 Å². The molecule has 0 amide bonds. The zero-order chi connectivity index (χ0) is 18.1. The molecule has 0 radical (unpaired) electrons. The fourth-order valence-corrected chi connectivity index (χ4v) is 2.68. The zero-order valence-electron chi connectivity index (χ0n) is 13.2. The molecule has 24 heavy (non-hydrogen) atoms. The molecule has 0 fully saturated rings. The van der Waals surface area contributed by atoms with Crippen molar-refractivity contribution in [2.24, 2.45) is 0 Å². The second kappa shape index (κ2) is 10.9. The second-order valence-electron chi connectivity index (χ2n) is 4.46. The quantitative estimate of drug-likeness (QED) is 0.256. The normalized spacial score (nSPS) is 9.75. The first kappa shape index (κ1) is 21.2. The number of esters is 1. The Kier molecular flexibility index (Phi) is 9.59. The molecule has 0 N–H and O–H groups in total. The Bertz CT molecular complexity index is 696. The summed E-state index contributed by atoms with van der Waals surface area (Å²) in [5.74, 6) is 0.818. The first-order valence-corrected chi connectivity index (χ1v) is 9.36. The summed E-state index contributed by atoms with van der Waals surface area (Å²) in [7, 11) is 0. The van der Waals surface area contributed by atoms with Gasteiger partial charge in [-0.3, -0.25) is 4.79 Å². The Morgan fingerprint density at radius 1 is 1.21 bits per heavy atom. The van der Waals surface area contributed by atoms with Crippen LogP contribution < -0.4 is 9.47 Å². The van der Waals surface area contributed by atoms with E-state index in [4.69, 9.17) is 21.1 Å². The van der Waals surface area contributed by atoms with E-state index < -0.39 is 0 Å². The minimum Gasteiger partial charge on any atom is -0.488 e. The molecule has 0 bridgehead atoms. The van der Waals surface area contributed by atoms with Crippen LogP contribution >= 0.6 is 51.8 Å². The van der Waals surface area contributed by atoms with E-state index in [1.165, 1.54) is 6.38 Å². The number of hydrogen-bond acceptors (Lipinski definition) is 4. The van der Waals surface area contributed by atoms with Crippen LogP contribution in [0, 0.1) is 0 Å². The van der Waals surface area contributed by atoms with Crippen molar-refractivity contribution >= 4 is 57.7 Å². The van der Waals surface area contributed by atoms with Crippen LogP contribution in [0.5, 0.6) is 11.5 Å². The van der Waals surface area contributed by atoms with Crippen molar-refractivity contribution in [3.8, 4) is 11.5 Å². The number of rotatable bonds is 5. The molecule has 2 rings (SSSR count). The summed E-state index contributed by atoms with van der Waals surface area (Å²) in [6.45, 7) is 2.01. The van der Waals surface area contributed by atoms with E-state index in [1.807, 2.05) is 18.2 Å². The predicted molar refractivity (Wildman–Crippen MR) is 105 cm³/mol. The highest BCUT2D eigenvalue weighted by Crippen LogP contribution is 2.34. The first-order valence-electron chi connectivity index (χ1n) is 6.98. The molecule has 3 nitrogen and oxygen atoms in total. The van der Waals surface area contributed by atoms with Crippen LogP contribution in [-0.4, -0.2) is 12.4 Å². The lowest BCUT2D eigenvalue weighted by Gasteiger charge is -2.12. The predicted octanol–water partition coefficient (Wildman–Crippen LogP) is 6.14. The number of carbonyl (C=O) groups excluding carboxylic acids is 1. The highest BCUT2D eigenvalue weighted by atomic mass is 79.9. The van der Waals surface area contributed by atoms with Gasteiger partial charge in [0.25, 0.3) is 0 Å². The summed E-state index contributed by atoms with van der Waals surface area (Å²) in [5, 5.41) is 0.507. The SMILES string of the molecule is CCC(=O)Oc1ccccc1COc1cc(Cl)c(S)cc1Br.CCl. The maximum absolute atomic E-state index is 11.4. The Hall–Kier alpha value is -0.880. The Labute approximate surface area is 165 Å². The third kappa shape index (κ3) is 6.20. The highest BCUT2D eigenvalue weighted by Gasteiger charge is 2.10. The molecule has 0 aliphatic rings. The molecular formula is C17H17BrCl2O3S. The lowest BCUT2D eigenvalue weighted by atomic mass is 10.2. The van der Waals surface area contributed by atoms with Crippen molar-refractivity contribution in [3.05, 3.63) is 51.5 Å². The molecule has 2 aromatic carbocycles. The van der Waals surface area contributed by atoms with E-state index in [1.54, 1.807) is 25.1 Å². The van der Waals surface area contributed by atoms with Gasteiger partial charge in [0, 0.05) is 29.3 Å². The molecule has 0 saturated carbocycles. The second-order valence-corrected chi connectivity index (χ2v) is 6.20. The Balaban J connectivity index is 0.00000139. The number of halogens is 3. The molecular weight excluding hydrogens is 435 g/mol. The van der Waals surface area contributed by atoms with Crippen LogP contribution in [0.3, 0.4) is 0 Å². The van der Waals surface area contributed by atoms with Gasteiger partial charge in [-0.05, 0) is 28.1 Å². The van der Waals surface area contributed by atoms with Crippen molar-refractivity contribution < 1.29 is 14.3 Å². The average Bonchev–Trinajstić information content (AvgIpc) is 2.59. The lowest BCUT2D eigenvalue weighted by Crippen LogP contribution is -2.08. The molecule has 0 heterocycles. The van der Waals surface area contributed by atoms with Gasteiger partial charge in [0.05, 0.1) is 9.50 Å². The van der Waals surface area contributed by atoms with Crippen molar-refractivity contribution in [1.29, 1.82) is 0 Å². The number of alkyl halides is 1. The van der Waals surface area contributed by atoms with E-state index >= 15 is 0 Å². The van der Waals surface area contributed by atoms with Crippen molar-refractivity contribution in [1.82, 2.24) is 0 Å². The summed E-state index contributed by atoms with van der Waals surface area (Å²) >= 11 is 18.3. The molecule has 130 valence electrons. The Morgan fingerprint density at radius 2 is 1.88 bits per heavy atom. The number of hydrogen-bond donors (Lipinski definition) is 1. The number of benzene rings is 2. The third-order valence-corrected chi connectivity index (χ3v) is 4.30. The molecule has 0 aromatic heterocycles. The standard InChI is InChI=1S/C16H14BrClO3S.CH3Cl/c1-2-16(19)21-13-6-4-3-5-10(13)9-20-14-8-12(18)15(22)7-11(14)17;1-2/h3-8,22H,2,9H2,1H3;1H3. The summed E-state index contributed by atoms with van der Waals surface area (Å²) in [6, 6.07) is 10.7. The topological polar surface area (TPSA) is 35.5 Å². The molecule has 7 heteroatoms. The van der Waals surface area contributed by atoms with Crippen LogP contribution in [0.1, 0.15) is 18.9 Å². The van der Waals surface area contributed by atoms with Crippen LogP contribution in [-0.2, 0) is 11.4 Å². The highest BCUT2D eigenvalue weighted by molar-refractivity contribution is 9.10. The van der Waals surface area contributed by atoms with Gasteiger partial charge >= 0.3 is 5.97 Å². The van der Waals surface area contributed by atoms with Crippen LogP contribution in [0.25, 0.3) is 0 Å². The van der Waals surface area contributed by atoms with Crippen molar-refractivity contribution in [2.75, 3.05) is 6.38 Å². The largest absolute Gasteiger partial charge is 0.488 e. The molecule has 0 spiro atoms. The monoisotopic (exact) mass is 450 g/mol. The van der Waals surface area contributed by atoms with E-state index in [-0.39, 0.29) is 12.6 Å². The van der Waals surface area contributed by atoms with E-state index in [2.05, 4.69) is 40.2 Å². The van der Waals surface area contributed by atoms with Crippen molar-refractivity contribution in [2.45, 2.75) is 24.8 Å². The van der Waals surface area contributed by atoms with Gasteiger partial charge in [-0.25, -0.2) is 0 Å². The van der Waals surface area contributed by atoms with Gasteiger partial charge in [0.2, 0.25) is 0 Å². The maximum atomic E-state index is 11.4. The van der Waals surface area contributed by atoms with Gasteiger partial charge in [-0.2, -0.15) is 0 Å². The van der Waals surface area contributed by atoms with Crippen LogP contribution in [0.15, 0.2) is 45.8 Å². The van der Waals surface area contributed by atoms with E-state index in [0.717, 1.165) is 10.0 Å². The summed E-state index contributed by atoms with van der Waals surface area (Å²) < 4.78 is 11.8. The average molecular weight is 452 g/mol. The third-order valence-electron chi connectivity index (χ3n) is 2.87. The first-order chi connectivity index (χ1) is 11.5. The lowest BCUT2D eigenvalue weighted by molar-refractivity contribution is -0.134. The van der Waals surface area contributed by atoms with Crippen LogP contribution in [0.4, 0.5) is 0 Å². The van der Waals surface area contributed by atoms with Crippen LogP contribution in [0.2, 0.25) is 5.02 Å². The Morgan fingerprint density at radius 3 is 2.54 bits per heavy atom. The summed E-state index contributed by atoms with van der Waals surface area (Å²) in [6.07, 6.45) is 1.79.